The number of fused-ring (bicyclic) bond motifs is 1. The summed E-state index contributed by atoms with van der Waals surface area (Å²) in [5.74, 6) is -0.408. The minimum atomic E-state index is -0.632. The lowest BCUT2D eigenvalue weighted by molar-refractivity contribution is -0.112. The molecule has 1 amide bonds. The Hall–Kier alpha value is -1.86. The van der Waals surface area contributed by atoms with Gasteiger partial charge in [-0.1, -0.05) is 11.6 Å². The van der Waals surface area contributed by atoms with Crippen molar-refractivity contribution in [2.75, 3.05) is 5.32 Å². The van der Waals surface area contributed by atoms with Crippen molar-refractivity contribution in [3.05, 3.63) is 28.5 Å². The van der Waals surface area contributed by atoms with Gasteiger partial charge >= 0.3 is 0 Å². The molecule has 2 heterocycles. The van der Waals surface area contributed by atoms with Crippen LogP contribution in [0, 0.1) is 6.92 Å². The van der Waals surface area contributed by atoms with E-state index in [-0.39, 0.29) is 0 Å². The van der Waals surface area contributed by atoms with Gasteiger partial charge in [0.05, 0.1) is 16.3 Å². The predicted octanol–water partition coefficient (Wildman–Crippen LogP) is 2.06. The minimum absolute atomic E-state index is 0.304. The van der Waals surface area contributed by atoms with Crippen LogP contribution >= 0.6 is 23.4 Å². The van der Waals surface area contributed by atoms with Crippen LogP contribution in [-0.2, 0) is 11.8 Å². The third kappa shape index (κ3) is 1.99. The molecule has 0 fully saturated rings. The monoisotopic (exact) mass is 308 g/mol. The lowest BCUT2D eigenvalue weighted by Crippen LogP contribution is -2.12. The number of amides is 1. The highest BCUT2D eigenvalue weighted by Gasteiger charge is 2.29. The first kappa shape index (κ1) is 13.1. The molecular weight excluding hydrogens is 300 g/mol. The van der Waals surface area contributed by atoms with Crippen molar-refractivity contribution in [1.82, 2.24) is 14.8 Å². The Kier molecular flexibility index (Phi) is 3.02. The number of rotatable bonds is 2. The van der Waals surface area contributed by atoms with Gasteiger partial charge in [0.15, 0.2) is 5.16 Å². The average Bonchev–Trinajstić information content (AvgIpc) is 2.86. The first-order valence-electron chi connectivity index (χ1n) is 5.70. The van der Waals surface area contributed by atoms with E-state index in [9.17, 15) is 9.59 Å². The van der Waals surface area contributed by atoms with Gasteiger partial charge in [-0.15, -0.1) is 10.2 Å². The SMILES string of the molecule is Cc1nnc(Sc2cc3c(cc2Cl)C(=O)C(=O)N3)n1C. The number of halogens is 1. The number of carbonyl (C=O) groups is 2. The Labute approximate surface area is 123 Å². The van der Waals surface area contributed by atoms with E-state index in [1.807, 2.05) is 18.5 Å². The molecule has 6 nitrogen and oxygen atoms in total. The lowest BCUT2D eigenvalue weighted by atomic mass is 10.1. The molecule has 1 aromatic heterocycles. The maximum absolute atomic E-state index is 11.6. The summed E-state index contributed by atoms with van der Waals surface area (Å²) in [4.78, 5) is 23.6. The second kappa shape index (κ2) is 4.60. The van der Waals surface area contributed by atoms with E-state index in [0.717, 1.165) is 5.82 Å². The summed E-state index contributed by atoms with van der Waals surface area (Å²) in [5, 5.41) is 11.6. The molecule has 0 radical (unpaired) electrons. The van der Waals surface area contributed by atoms with Gasteiger partial charge in [0.1, 0.15) is 5.82 Å². The molecule has 0 bridgehead atoms. The van der Waals surface area contributed by atoms with E-state index in [1.165, 1.54) is 17.8 Å². The summed E-state index contributed by atoms with van der Waals surface area (Å²) in [6.07, 6.45) is 0. The number of carbonyl (C=O) groups excluding carboxylic acids is 2. The van der Waals surface area contributed by atoms with Crippen LogP contribution in [0.2, 0.25) is 5.02 Å². The molecule has 8 heteroatoms. The number of ketones is 1. The maximum atomic E-state index is 11.6. The third-order valence-corrected chi connectivity index (χ3v) is 4.55. The molecule has 1 N–H and O–H groups in total. The van der Waals surface area contributed by atoms with Crippen LogP contribution in [0.3, 0.4) is 0 Å². The molecule has 20 heavy (non-hydrogen) atoms. The highest BCUT2D eigenvalue weighted by Crippen LogP contribution is 2.37. The highest BCUT2D eigenvalue weighted by molar-refractivity contribution is 7.99. The molecule has 102 valence electrons. The molecule has 0 saturated heterocycles. The Balaban J connectivity index is 2.00. The molecule has 0 atom stereocenters. The number of aromatic nitrogens is 3. The van der Waals surface area contributed by atoms with Crippen LogP contribution < -0.4 is 5.32 Å². The van der Waals surface area contributed by atoms with Crippen molar-refractivity contribution in [1.29, 1.82) is 0 Å². The fourth-order valence-corrected chi connectivity index (χ4v) is 2.96. The summed E-state index contributed by atoms with van der Waals surface area (Å²) in [5.41, 5.74) is 0.782. The van der Waals surface area contributed by atoms with Crippen LogP contribution in [0.1, 0.15) is 16.2 Å². The zero-order valence-corrected chi connectivity index (χ0v) is 12.2. The van der Waals surface area contributed by atoms with Gasteiger partial charge in [-0.3, -0.25) is 9.59 Å². The van der Waals surface area contributed by atoms with E-state index in [1.54, 1.807) is 6.07 Å². The smallest absolute Gasteiger partial charge is 0.296 e. The average molecular weight is 309 g/mol. The topological polar surface area (TPSA) is 76.9 Å². The van der Waals surface area contributed by atoms with E-state index in [4.69, 9.17) is 11.6 Å². The summed E-state index contributed by atoms with van der Waals surface area (Å²) >= 11 is 7.49. The summed E-state index contributed by atoms with van der Waals surface area (Å²) in [6, 6.07) is 3.18. The van der Waals surface area contributed by atoms with E-state index in [2.05, 4.69) is 15.5 Å². The van der Waals surface area contributed by atoms with Crippen LogP contribution in [0.15, 0.2) is 22.2 Å². The fraction of sp³-hybridized carbons (Fsp3) is 0.167. The Morgan fingerprint density at radius 1 is 1.30 bits per heavy atom. The van der Waals surface area contributed by atoms with Crippen molar-refractivity contribution in [2.45, 2.75) is 17.0 Å². The molecule has 1 aliphatic heterocycles. The largest absolute Gasteiger partial charge is 0.318 e. The van der Waals surface area contributed by atoms with Crippen molar-refractivity contribution in [3.8, 4) is 0 Å². The zero-order chi connectivity index (χ0) is 14.4. The minimum Gasteiger partial charge on any atom is -0.318 e. The number of hydrogen-bond donors (Lipinski definition) is 1. The number of nitrogens with one attached hydrogen (secondary N) is 1. The molecule has 1 aliphatic rings. The van der Waals surface area contributed by atoms with Gasteiger partial charge < -0.3 is 9.88 Å². The molecule has 2 aromatic rings. The van der Waals surface area contributed by atoms with E-state index in [0.29, 0.717) is 26.3 Å². The van der Waals surface area contributed by atoms with Crippen molar-refractivity contribution in [2.24, 2.45) is 7.05 Å². The van der Waals surface area contributed by atoms with Crippen molar-refractivity contribution < 1.29 is 9.59 Å². The standard InChI is InChI=1S/C12H9ClN4O2S/c1-5-15-16-12(17(5)2)20-9-4-8-6(3-7(9)13)10(18)11(19)14-8/h3-4H,1-2H3,(H,14,18,19). The Bertz CT molecular complexity index is 756. The molecular formula is C12H9ClN4O2S. The van der Waals surface area contributed by atoms with Crippen LogP contribution in [0.5, 0.6) is 0 Å². The number of anilines is 1. The molecule has 0 spiro atoms. The third-order valence-electron chi connectivity index (χ3n) is 3.02. The second-order valence-electron chi connectivity index (χ2n) is 4.30. The molecule has 0 unspecified atom stereocenters. The van der Waals surface area contributed by atoms with E-state index < -0.39 is 11.7 Å². The first-order valence-corrected chi connectivity index (χ1v) is 6.90. The number of hydrogen-bond acceptors (Lipinski definition) is 5. The predicted molar refractivity (Wildman–Crippen MR) is 74.3 cm³/mol. The van der Waals surface area contributed by atoms with E-state index >= 15 is 0 Å². The number of Topliss-reactive ketones (excluding diaryl/α,β-unsaturated/α-hetero) is 1. The second-order valence-corrected chi connectivity index (χ2v) is 5.72. The molecule has 3 rings (SSSR count). The number of aryl methyl sites for hydroxylation is 1. The number of nitrogens with zero attached hydrogens (tertiary/aromatic N) is 3. The summed E-state index contributed by atoms with van der Waals surface area (Å²) in [6.45, 7) is 1.85. The Morgan fingerprint density at radius 2 is 2.05 bits per heavy atom. The molecule has 0 aliphatic carbocycles. The summed E-state index contributed by atoms with van der Waals surface area (Å²) in [7, 11) is 1.85. The van der Waals surface area contributed by atoms with Crippen molar-refractivity contribution >= 4 is 40.7 Å². The normalized spacial score (nSPS) is 13.6. The first-order chi connectivity index (χ1) is 9.47. The number of benzene rings is 1. The highest BCUT2D eigenvalue weighted by atomic mass is 35.5. The zero-order valence-electron chi connectivity index (χ0n) is 10.6. The molecule has 0 saturated carbocycles. The van der Waals surface area contributed by atoms with Crippen LogP contribution in [-0.4, -0.2) is 26.5 Å². The van der Waals surface area contributed by atoms with Crippen LogP contribution in [0.4, 0.5) is 5.69 Å². The quantitative estimate of drug-likeness (QED) is 0.859. The molecule has 1 aromatic carbocycles. The fourth-order valence-electron chi connectivity index (χ4n) is 1.80. The lowest BCUT2D eigenvalue weighted by Gasteiger charge is -2.06. The van der Waals surface area contributed by atoms with Gasteiger partial charge in [-0.2, -0.15) is 0 Å². The maximum Gasteiger partial charge on any atom is 0.296 e. The Morgan fingerprint density at radius 3 is 2.70 bits per heavy atom. The van der Waals surface area contributed by atoms with Crippen molar-refractivity contribution in [3.63, 3.8) is 0 Å². The van der Waals surface area contributed by atoms with Gasteiger partial charge in [-0.05, 0) is 30.8 Å². The van der Waals surface area contributed by atoms with Gasteiger partial charge in [0.2, 0.25) is 0 Å². The van der Waals surface area contributed by atoms with Gasteiger partial charge in [-0.25, -0.2) is 0 Å². The van der Waals surface area contributed by atoms with Gasteiger partial charge in [0, 0.05) is 11.9 Å². The summed E-state index contributed by atoms with van der Waals surface area (Å²) < 4.78 is 1.83. The van der Waals surface area contributed by atoms with Crippen LogP contribution in [0.25, 0.3) is 0 Å². The van der Waals surface area contributed by atoms with Gasteiger partial charge in [0.25, 0.3) is 11.7 Å².